The van der Waals surface area contributed by atoms with Gasteiger partial charge in [-0.25, -0.2) is 21.8 Å². The second kappa shape index (κ2) is 3.42. The Hall–Kier alpha value is -0.210. The van der Waals surface area contributed by atoms with Crippen molar-refractivity contribution in [2.24, 2.45) is 4.99 Å². The first-order valence-electron chi connectivity index (χ1n) is 3.63. The summed E-state index contributed by atoms with van der Waals surface area (Å²) in [5, 5.41) is -0.0229. The number of sulfone groups is 2. The van der Waals surface area contributed by atoms with Crippen LogP contribution in [0.4, 0.5) is 0 Å². The largest absolute Gasteiger partial charge is 0.253 e. The molecule has 0 aromatic heterocycles. The molecule has 0 spiro atoms. The summed E-state index contributed by atoms with van der Waals surface area (Å²) in [7, 11) is -7.72. The maximum Gasteiger partial charge on any atom is 0.253 e. The third-order valence-corrected chi connectivity index (χ3v) is 6.59. The Morgan fingerprint density at radius 1 is 1.43 bits per heavy atom. The molecule has 0 unspecified atom stereocenters. The zero-order chi connectivity index (χ0) is 11.1. The molecule has 80 valence electrons. The normalized spacial score (nSPS) is 20.9. The Morgan fingerprint density at radius 2 is 1.93 bits per heavy atom. The molecule has 8 heteroatoms. The molecule has 0 bridgehead atoms. The fourth-order valence-electron chi connectivity index (χ4n) is 0.783. The molecule has 0 amide bonds. The number of nitrogens with zero attached hydrogens (tertiary/aromatic N) is 1. The molecule has 0 aromatic carbocycles. The first kappa shape index (κ1) is 11.9. The van der Waals surface area contributed by atoms with Crippen LogP contribution < -0.4 is 0 Å². The minimum Gasteiger partial charge on any atom is -0.221 e. The summed E-state index contributed by atoms with van der Waals surface area (Å²) in [6.07, 6.45) is 0. The average molecular weight is 302 g/mol. The quantitative estimate of drug-likeness (QED) is 0.671. The van der Waals surface area contributed by atoms with Gasteiger partial charge in [-0.2, -0.15) is 0 Å². The average Bonchev–Trinajstić information content (AvgIpc) is 2.24. The third-order valence-electron chi connectivity index (χ3n) is 1.56. The highest BCUT2D eigenvalue weighted by molar-refractivity contribution is 9.11. The molecule has 0 radical (unpaired) electrons. The maximum atomic E-state index is 11.5. The molecule has 1 heterocycles. The van der Waals surface area contributed by atoms with Gasteiger partial charge in [0.1, 0.15) is 4.61 Å². The summed E-state index contributed by atoms with van der Waals surface area (Å²) in [5.41, 5.74) is 0. The van der Waals surface area contributed by atoms with Crippen LogP contribution in [0.3, 0.4) is 0 Å². The van der Waals surface area contributed by atoms with Crippen LogP contribution in [0.1, 0.15) is 13.8 Å². The van der Waals surface area contributed by atoms with Gasteiger partial charge in [0.25, 0.3) is 4.38 Å². The van der Waals surface area contributed by atoms with Crippen LogP contribution in [0.15, 0.2) is 15.0 Å². The molecule has 0 aromatic rings. The first-order valence-corrected chi connectivity index (χ1v) is 7.51. The van der Waals surface area contributed by atoms with Gasteiger partial charge in [-0.15, -0.1) is 0 Å². The highest BCUT2D eigenvalue weighted by Gasteiger charge is 2.37. The maximum absolute atomic E-state index is 11.5. The van der Waals surface area contributed by atoms with Gasteiger partial charge < -0.3 is 0 Å². The minimum atomic E-state index is -3.89. The zero-order valence-electron chi connectivity index (χ0n) is 7.43. The molecule has 0 atom stereocenters. The lowest BCUT2D eigenvalue weighted by molar-refractivity contribution is 0.598. The van der Waals surface area contributed by atoms with Crippen LogP contribution in [0.2, 0.25) is 0 Å². The summed E-state index contributed by atoms with van der Waals surface area (Å²) in [5.74, 6) is 0. The Kier molecular flexibility index (Phi) is 2.90. The summed E-state index contributed by atoms with van der Waals surface area (Å²) in [6, 6.07) is 0. The Bertz CT molecular complexity index is 512. The van der Waals surface area contributed by atoms with Gasteiger partial charge >= 0.3 is 0 Å². The van der Waals surface area contributed by atoms with Gasteiger partial charge in [-0.1, -0.05) is 0 Å². The van der Waals surface area contributed by atoms with Crippen molar-refractivity contribution in [1.82, 2.24) is 0 Å². The summed E-state index contributed by atoms with van der Waals surface area (Å²) >= 11 is 2.83. The van der Waals surface area contributed by atoms with E-state index in [-0.39, 0.29) is 4.61 Å². The highest BCUT2D eigenvalue weighted by Crippen LogP contribution is 2.24. The molecule has 1 aliphatic heterocycles. The molecule has 14 heavy (non-hydrogen) atoms. The Balaban J connectivity index is 3.38. The third kappa shape index (κ3) is 1.91. The van der Waals surface area contributed by atoms with E-state index in [1.54, 1.807) is 0 Å². The molecule has 1 rings (SSSR count). The number of hydrogen-bond acceptors (Lipinski definition) is 5. The molecular weight excluding hydrogens is 294 g/mol. The van der Waals surface area contributed by atoms with E-state index in [0.717, 1.165) is 5.41 Å². The van der Waals surface area contributed by atoms with E-state index < -0.39 is 29.3 Å². The van der Waals surface area contributed by atoms with Crippen LogP contribution in [-0.2, 0) is 19.7 Å². The lowest BCUT2D eigenvalue weighted by Gasteiger charge is -2.05. The van der Waals surface area contributed by atoms with Crippen LogP contribution in [0.5, 0.6) is 0 Å². The number of rotatable bonds is 1. The smallest absolute Gasteiger partial charge is 0.221 e. The molecule has 5 nitrogen and oxygen atoms in total. The predicted octanol–water partition coefficient (Wildman–Crippen LogP) is 0.788. The number of halogens is 1. The SMILES string of the molecule is CC(C)S(=O)(=O)C1=NC(Br)=CS1(=O)=O. The standard InChI is InChI=1S/C6H8BrNO4S2/c1-4(2)14(11,12)6-8-5(7)3-13(6,9)10/h3-4H,1-2H3. The Morgan fingerprint density at radius 3 is 2.21 bits per heavy atom. The molecule has 0 saturated carbocycles. The lowest BCUT2D eigenvalue weighted by Crippen LogP contribution is -2.27. The minimum absolute atomic E-state index is 0.0109. The van der Waals surface area contributed by atoms with Crippen LogP contribution in [0.25, 0.3) is 0 Å². The zero-order valence-corrected chi connectivity index (χ0v) is 10.6. The van der Waals surface area contributed by atoms with Crippen molar-refractivity contribution in [2.45, 2.75) is 19.1 Å². The van der Waals surface area contributed by atoms with Crippen molar-refractivity contribution in [1.29, 1.82) is 0 Å². The first-order chi connectivity index (χ1) is 6.18. The van der Waals surface area contributed by atoms with E-state index in [0.29, 0.717) is 0 Å². The fraction of sp³-hybridized carbons (Fsp3) is 0.500. The highest BCUT2D eigenvalue weighted by atomic mass is 79.9. The van der Waals surface area contributed by atoms with Crippen LogP contribution in [-0.4, -0.2) is 26.5 Å². The second-order valence-corrected chi connectivity index (χ2v) is 8.16. The van der Waals surface area contributed by atoms with Crippen LogP contribution >= 0.6 is 15.9 Å². The van der Waals surface area contributed by atoms with E-state index in [9.17, 15) is 16.8 Å². The van der Waals surface area contributed by atoms with Gasteiger partial charge in [0.05, 0.1) is 10.7 Å². The molecular formula is C6H8BrNO4S2. The van der Waals surface area contributed by atoms with Crippen molar-refractivity contribution < 1.29 is 16.8 Å². The van der Waals surface area contributed by atoms with E-state index in [4.69, 9.17) is 0 Å². The van der Waals surface area contributed by atoms with E-state index in [1.165, 1.54) is 13.8 Å². The molecule has 0 saturated heterocycles. The number of hydrogen-bond donors (Lipinski definition) is 0. The summed E-state index contributed by atoms with van der Waals surface area (Å²) < 4.78 is 44.9. The molecule has 1 aliphatic rings. The van der Waals surface area contributed by atoms with E-state index in [2.05, 4.69) is 20.9 Å². The van der Waals surface area contributed by atoms with E-state index >= 15 is 0 Å². The van der Waals surface area contributed by atoms with Crippen molar-refractivity contribution >= 4 is 40.0 Å². The summed E-state index contributed by atoms with van der Waals surface area (Å²) in [4.78, 5) is 3.45. The molecule has 0 fully saturated rings. The van der Waals surface area contributed by atoms with Crippen molar-refractivity contribution in [3.05, 3.63) is 10.0 Å². The van der Waals surface area contributed by atoms with E-state index in [1.807, 2.05) is 0 Å². The van der Waals surface area contributed by atoms with Crippen molar-refractivity contribution in [3.63, 3.8) is 0 Å². The molecule has 0 aliphatic carbocycles. The summed E-state index contributed by atoms with van der Waals surface area (Å²) in [6.45, 7) is 2.80. The van der Waals surface area contributed by atoms with Gasteiger partial charge in [0, 0.05) is 0 Å². The fourth-order valence-corrected chi connectivity index (χ4v) is 5.21. The topological polar surface area (TPSA) is 80.6 Å². The van der Waals surface area contributed by atoms with Crippen LogP contribution in [0, 0.1) is 0 Å². The van der Waals surface area contributed by atoms with Gasteiger partial charge in [0.2, 0.25) is 19.7 Å². The van der Waals surface area contributed by atoms with Crippen molar-refractivity contribution in [2.75, 3.05) is 0 Å². The van der Waals surface area contributed by atoms with Gasteiger partial charge in [-0.05, 0) is 29.8 Å². The number of aliphatic imine (C=N–C) groups is 1. The lowest BCUT2D eigenvalue weighted by atomic mass is 10.6. The Labute approximate surface area is 90.9 Å². The predicted molar refractivity (Wildman–Crippen MR) is 57.4 cm³/mol. The van der Waals surface area contributed by atoms with Gasteiger partial charge in [-0.3, -0.25) is 0 Å². The van der Waals surface area contributed by atoms with Gasteiger partial charge in [0.15, 0.2) is 0 Å². The second-order valence-electron chi connectivity index (χ2n) is 2.96. The monoisotopic (exact) mass is 301 g/mol. The molecule has 0 N–H and O–H groups in total. The van der Waals surface area contributed by atoms with Crippen molar-refractivity contribution in [3.8, 4) is 0 Å².